The zero-order chi connectivity index (χ0) is 25.0. The summed E-state index contributed by atoms with van der Waals surface area (Å²) in [5.74, 6) is 0.910. The highest BCUT2D eigenvalue weighted by molar-refractivity contribution is 14.2. The molecule has 1 unspecified atom stereocenters. The summed E-state index contributed by atoms with van der Waals surface area (Å²) in [5, 5.41) is 11.4. The number of hydrogen-bond acceptors (Lipinski definition) is 3. The third kappa shape index (κ3) is 7.28. The van der Waals surface area contributed by atoms with Gasteiger partial charge in [-0.15, -0.1) is 0 Å². The first kappa shape index (κ1) is 27.2. The summed E-state index contributed by atoms with van der Waals surface area (Å²) in [4.78, 5) is 0. The van der Waals surface area contributed by atoms with Crippen molar-refractivity contribution in [2.24, 2.45) is 0 Å². The SMILES string of the molecule is C/C=C/c1ccc(/C(=C(/CC)c2cccc(OCCCC)c2)c2ccc(NPI)c(C=N)c2)cc1. The molecule has 0 aliphatic carbocycles. The highest BCUT2D eigenvalue weighted by Crippen LogP contribution is 2.37. The van der Waals surface area contributed by atoms with Gasteiger partial charge in [-0.2, -0.15) is 0 Å². The molecule has 3 aromatic carbocycles. The number of hydrogen-bond donors (Lipinski definition) is 2. The second kappa shape index (κ2) is 14.2. The molecule has 3 aromatic rings. The van der Waals surface area contributed by atoms with Gasteiger partial charge in [0.05, 0.1) is 6.61 Å². The van der Waals surface area contributed by atoms with Crippen molar-refractivity contribution in [3.63, 3.8) is 0 Å². The molecular weight excluding hydrogens is 562 g/mol. The first-order valence-electron chi connectivity index (χ1n) is 12.1. The molecule has 182 valence electrons. The molecule has 5 heteroatoms. The van der Waals surface area contributed by atoms with Crippen molar-refractivity contribution < 1.29 is 4.74 Å². The van der Waals surface area contributed by atoms with Gasteiger partial charge >= 0.3 is 0 Å². The van der Waals surface area contributed by atoms with Gasteiger partial charge in [-0.3, -0.25) is 0 Å². The highest BCUT2D eigenvalue weighted by atomic mass is 127. The van der Waals surface area contributed by atoms with Crippen LogP contribution in [0, 0.1) is 5.41 Å². The fraction of sp³-hybridized carbons (Fsp3) is 0.233. The summed E-state index contributed by atoms with van der Waals surface area (Å²) < 4.78 is 6.03. The van der Waals surface area contributed by atoms with E-state index in [1.165, 1.54) is 34.1 Å². The van der Waals surface area contributed by atoms with Crippen LogP contribution in [0.25, 0.3) is 17.2 Å². The van der Waals surface area contributed by atoms with E-state index in [1.54, 1.807) is 0 Å². The molecule has 3 nitrogen and oxygen atoms in total. The number of halogens is 1. The van der Waals surface area contributed by atoms with Crippen LogP contribution in [0.4, 0.5) is 5.69 Å². The molecule has 0 aliphatic heterocycles. The summed E-state index contributed by atoms with van der Waals surface area (Å²) in [7, 11) is 0. The Hall–Kier alpha value is -2.43. The van der Waals surface area contributed by atoms with Gasteiger partial charge in [-0.25, -0.2) is 0 Å². The van der Waals surface area contributed by atoms with E-state index < -0.39 is 0 Å². The molecule has 2 N–H and O–H groups in total. The smallest absolute Gasteiger partial charge is 0.119 e. The Balaban J connectivity index is 2.20. The van der Waals surface area contributed by atoms with Crippen LogP contribution in [0.1, 0.15) is 67.9 Å². The summed E-state index contributed by atoms with van der Waals surface area (Å²) in [5.41, 5.74) is 8.96. The van der Waals surface area contributed by atoms with Crippen molar-refractivity contribution in [2.45, 2.75) is 40.0 Å². The molecule has 3 rings (SSSR count). The van der Waals surface area contributed by atoms with Crippen LogP contribution in [0.2, 0.25) is 0 Å². The molecule has 0 radical (unpaired) electrons. The lowest BCUT2D eigenvalue weighted by Gasteiger charge is -2.19. The maximum absolute atomic E-state index is 8.00. The number of rotatable bonds is 12. The minimum atomic E-state index is 0.552. The topological polar surface area (TPSA) is 45.1 Å². The lowest BCUT2D eigenvalue weighted by atomic mass is 9.87. The second-order valence-corrected chi connectivity index (χ2v) is 10.3. The molecule has 1 atom stereocenters. The Kier molecular flexibility index (Phi) is 11.0. The number of nitrogens with one attached hydrogen (secondary N) is 2. The van der Waals surface area contributed by atoms with Gasteiger partial charge in [0, 0.05) is 23.8 Å². The zero-order valence-electron chi connectivity index (χ0n) is 20.7. The van der Waals surface area contributed by atoms with E-state index in [0.717, 1.165) is 48.4 Å². The van der Waals surface area contributed by atoms with Crippen molar-refractivity contribution in [1.82, 2.24) is 0 Å². The second-order valence-electron chi connectivity index (χ2n) is 8.22. The van der Waals surface area contributed by atoms with Crippen molar-refractivity contribution >= 4 is 57.5 Å². The van der Waals surface area contributed by atoms with E-state index >= 15 is 0 Å². The average molecular weight is 596 g/mol. The van der Waals surface area contributed by atoms with Crippen LogP contribution in [-0.4, -0.2) is 12.8 Å². The van der Waals surface area contributed by atoms with Crippen molar-refractivity contribution in [3.05, 3.63) is 101 Å². The predicted octanol–water partition coefficient (Wildman–Crippen LogP) is 9.62. The minimum Gasteiger partial charge on any atom is -0.494 e. The Morgan fingerprint density at radius 3 is 2.43 bits per heavy atom. The molecular formula is C30H34IN2OP. The van der Waals surface area contributed by atoms with Crippen LogP contribution < -0.4 is 9.82 Å². The first-order chi connectivity index (χ1) is 17.1. The molecule has 0 fully saturated rings. The van der Waals surface area contributed by atoms with Crippen LogP contribution >= 0.6 is 28.4 Å². The van der Waals surface area contributed by atoms with E-state index in [4.69, 9.17) is 10.1 Å². The van der Waals surface area contributed by atoms with E-state index in [0.29, 0.717) is 6.37 Å². The molecule has 0 spiro atoms. The fourth-order valence-corrected chi connectivity index (χ4v) is 5.31. The van der Waals surface area contributed by atoms with Crippen molar-refractivity contribution in [2.75, 3.05) is 11.7 Å². The van der Waals surface area contributed by atoms with Gasteiger partial charge in [0.2, 0.25) is 0 Å². The van der Waals surface area contributed by atoms with Crippen molar-refractivity contribution in [3.8, 4) is 5.75 Å². The summed E-state index contributed by atoms with van der Waals surface area (Å²) >= 11 is 2.32. The molecule has 0 aromatic heterocycles. The number of unbranched alkanes of at least 4 members (excludes halogenated alkanes) is 1. The predicted molar refractivity (Wildman–Crippen MR) is 164 cm³/mol. The van der Waals surface area contributed by atoms with E-state index in [9.17, 15) is 0 Å². The Bertz CT molecular complexity index is 1190. The van der Waals surface area contributed by atoms with E-state index in [2.05, 4.69) is 114 Å². The van der Waals surface area contributed by atoms with Gasteiger partial charge in [0.1, 0.15) is 5.75 Å². The quantitative estimate of drug-likeness (QED) is 0.0719. The summed E-state index contributed by atoms with van der Waals surface area (Å²) in [6, 6.07) is 23.6. The zero-order valence-corrected chi connectivity index (χ0v) is 23.9. The lowest BCUT2D eigenvalue weighted by molar-refractivity contribution is 0.309. The Morgan fingerprint density at radius 1 is 1.00 bits per heavy atom. The maximum Gasteiger partial charge on any atom is 0.119 e. The highest BCUT2D eigenvalue weighted by Gasteiger charge is 2.15. The van der Waals surface area contributed by atoms with Crippen molar-refractivity contribution in [1.29, 1.82) is 5.41 Å². The van der Waals surface area contributed by atoms with Gasteiger partial charge in [0.25, 0.3) is 0 Å². The minimum absolute atomic E-state index is 0.552. The standard InChI is InChI=1S/C30H34IN2OP/c1-4-7-18-34-27-11-8-10-24(20-27)28(6-3)30(23-14-12-22(9-5-2)13-15-23)25-16-17-29(33-35-31)26(19-25)21-32/h5,8-17,19-21,32-33,35H,4,6-7,18H2,1-3H3/b9-5+,30-28+,32-21?. The molecule has 0 heterocycles. The normalized spacial score (nSPS) is 12.2. The molecule has 0 saturated carbocycles. The molecule has 0 aliphatic rings. The summed E-state index contributed by atoms with van der Waals surface area (Å²) in [6.07, 6.45) is 9.20. The third-order valence-electron chi connectivity index (χ3n) is 5.84. The average Bonchev–Trinajstić information content (AvgIpc) is 2.89. The number of ether oxygens (including phenoxy) is 1. The number of anilines is 1. The van der Waals surface area contributed by atoms with Gasteiger partial charge in [-0.05, 0) is 99.5 Å². The molecule has 0 amide bonds. The van der Waals surface area contributed by atoms with Gasteiger partial charge in [-0.1, -0.05) is 74.9 Å². The maximum atomic E-state index is 8.00. The monoisotopic (exact) mass is 596 g/mol. The largest absolute Gasteiger partial charge is 0.494 e. The van der Waals surface area contributed by atoms with Crippen LogP contribution in [0.5, 0.6) is 5.75 Å². The molecule has 0 bridgehead atoms. The van der Waals surface area contributed by atoms with E-state index in [1.807, 2.05) is 13.0 Å². The first-order valence-corrected chi connectivity index (χ1v) is 16.2. The Labute approximate surface area is 224 Å². The van der Waals surface area contributed by atoms with E-state index in [-0.39, 0.29) is 0 Å². The van der Waals surface area contributed by atoms with Crippen LogP contribution in [-0.2, 0) is 0 Å². The number of allylic oxidation sites excluding steroid dienone is 2. The Morgan fingerprint density at radius 2 is 1.77 bits per heavy atom. The number of benzene rings is 3. The molecule has 0 saturated heterocycles. The van der Waals surface area contributed by atoms with Gasteiger partial charge < -0.3 is 15.2 Å². The van der Waals surface area contributed by atoms with Crippen LogP contribution in [0.3, 0.4) is 0 Å². The molecule has 35 heavy (non-hydrogen) atoms. The third-order valence-corrected chi connectivity index (χ3v) is 7.01. The van der Waals surface area contributed by atoms with Gasteiger partial charge in [0.15, 0.2) is 0 Å². The van der Waals surface area contributed by atoms with Crippen LogP contribution in [0.15, 0.2) is 72.8 Å². The lowest BCUT2D eigenvalue weighted by Crippen LogP contribution is -1.99. The fourth-order valence-electron chi connectivity index (χ4n) is 4.10. The summed E-state index contributed by atoms with van der Waals surface area (Å²) in [6.45, 7) is 7.15.